The lowest BCUT2D eigenvalue weighted by Gasteiger charge is -2.23. The van der Waals surface area contributed by atoms with Crippen molar-refractivity contribution in [1.29, 1.82) is 0 Å². The van der Waals surface area contributed by atoms with Crippen LogP contribution in [0.15, 0.2) is 79.3 Å². The normalized spacial score (nSPS) is 16.2. The molecule has 0 N–H and O–H groups in total. The monoisotopic (exact) mass is 629 g/mol. The number of aromatic nitrogens is 6. The van der Waals surface area contributed by atoms with Crippen LogP contribution < -0.4 is 9.64 Å². The number of benzene rings is 2. The Morgan fingerprint density at radius 1 is 0.957 bits per heavy atom. The summed E-state index contributed by atoms with van der Waals surface area (Å²) in [7, 11) is 1.30. The number of esters is 1. The highest BCUT2D eigenvalue weighted by Crippen LogP contribution is 2.37. The van der Waals surface area contributed by atoms with Crippen LogP contribution in [0.3, 0.4) is 0 Å². The van der Waals surface area contributed by atoms with Gasteiger partial charge in [0.25, 0.3) is 11.8 Å². The van der Waals surface area contributed by atoms with Crippen molar-refractivity contribution in [3.8, 4) is 11.4 Å². The molecule has 6 heterocycles. The third-order valence-electron chi connectivity index (χ3n) is 8.36. The second kappa shape index (κ2) is 11.4. The van der Waals surface area contributed by atoms with Gasteiger partial charge >= 0.3 is 5.97 Å². The fourth-order valence-electron chi connectivity index (χ4n) is 6.03. The topological polar surface area (TPSA) is 144 Å². The molecule has 2 aliphatic heterocycles. The second-order valence-electron chi connectivity index (χ2n) is 11.2. The van der Waals surface area contributed by atoms with Gasteiger partial charge in [0.15, 0.2) is 23.4 Å². The third-order valence-corrected chi connectivity index (χ3v) is 8.36. The van der Waals surface area contributed by atoms with Crippen molar-refractivity contribution >= 4 is 45.5 Å². The van der Waals surface area contributed by atoms with Crippen LogP contribution in [0.1, 0.15) is 62.3 Å². The maximum atomic E-state index is 13.6. The molecule has 2 aromatic carbocycles. The molecule has 0 spiro atoms. The summed E-state index contributed by atoms with van der Waals surface area (Å²) in [6.45, 7) is 0.572. The Bertz CT molecular complexity index is 2170. The summed E-state index contributed by atoms with van der Waals surface area (Å²) in [6, 6.07) is 16.8. The highest BCUT2D eigenvalue weighted by Gasteiger charge is 2.39. The van der Waals surface area contributed by atoms with E-state index in [4.69, 9.17) is 24.2 Å². The number of amides is 2. The predicted molar refractivity (Wildman–Crippen MR) is 168 cm³/mol. The van der Waals surface area contributed by atoms with Crippen LogP contribution in [0.5, 0.6) is 5.75 Å². The fourth-order valence-corrected chi connectivity index (χ4v) is 6.03. The maximum Gasteiger partial charge on any atom is 0.337 e. The maximum absolute atomic E-state index is 13.6. The summed E-state index contributed by atoms with van der Waals surface area (Å²) in [5, 5.41) is 10.4. The predicted octanol–water partition coefficient (Wildman–Crippen LogP) is 5.03. The quantitative estimate of drug-likeness (QED) is 0.174. The Morgan fingerprint density at radius 2 is 1.79 bits per heavy atom. The van der Waals surface area contributed by atoms with Crippen LogP contribution in [0.4, 0.5) is 5.82 Å². The SMILES string of the molecule is COC(=O)c1ccc2nc(N3C(=O)c4ccccc4C3=O)c(OCc3nc4c(cnn4[C@@H]4CCCCO4)cc3-n3cccn3)cc2c1. The van der Waals surface area contributed by atoms with Crippen molar-refractivity contribution in [2.75, 3.05) is 18.6 Å². The lowest BCUT2D eigenvalue weighted by atomic mass is 10.1. The molecule has 13 nitrogen and oxygen atoms in total. The minimum absolute atomic E-state index is 0.0249. The first-order valence-electron chi connectivity index (χ1n) is 15.1. The number of pyridine rings is 2. The molecule has 6 aromatic rings. The molecule has 13 heteroatoms. The Labute approximate surface area is 267 Å². The van der Waals surface area contributed by atoms with Gasteiger partial charge in [-0.3, -0.25) is 9.59 Å². The number of carbonyl (C=O) groups is 3. The van der Waals surface area contributed by atoms with E-state index in [9.17, 15) is 14.4 Å². The molecule has 2 aliphatic rings. The largest absolute Gasteiger partial charge is 0.483 e. The standard InChI is InChI=1S/C34H27N7O6/c1-45-34(44)20-10-11-25-21(15-20)17-28(31(37-25)40-32(42)23-7-2-3-8-24(23)33(40)43)47-19-26-27(39-13-6-12-35-39)16-22-18-36-41(30(22)38-26)29-9-4-5-14-46-29/h2-3,6-8,10-13,15-18,29H,4-5,9,14,19H2,1H3/t29-/m0/s1. The number of methoxy groups -OCH3 is 1. The summed E-state index contributed by atoms with van der Waals surface area (Å²) >= 11 is 0. The lowest BCUT2D eigenvalue weighted by Crippen LogP contribution is -2.30. The van der Waals surface area contributed by atoms with E-state index in [-0.39, 0.29) is 35.5 Å². The van der Waals surface area contributed by atoms with Crippen molar-refractivity contribution < 1.29 is 28.6 Å². The summed E-state index contributed by atoms with van der Waals surface area (Å²) in [5.74, 6) is -1.37. The molecule has 8 rings (SSSR count). The van der Waals surface area contributed by atoms with Gasteiger partial charge in [-0.25, -0.2) is 29.0 Å². The first kappa shape index (κ1) is 28.5. The van der Waals surface area contributed by atoms with Gasteiger partial charge in [-0.1, -0.05) is 12.1 Å². The first-order chi connectivity index (χ1) is 23.0. The van der Waals surface area contributed by atoms with E-state index in [0.29, 0.717) is 40.1 Å². The number of anilines is 1. The van der Waals surface area contributed by atoms with Gasteiger partial charge in [0.1, 0.15) is 12.3 Å². The highest BCUT2D eigenvalue weighted by molar-refractivity contribution is 6.34. The molecule has 1 atom stereocenters. The molecule has 0 unspecified atom stereocenters. The second-order valence-corrected chi connectivity index (χ2v) is 11.2. The number of hydrogen-bond acceptors (Lipinski definition) is 10. The highest BCUT2D eigenvalue weighted by atomic mass is 16.5. The van der Waals surface area contributed by atoms with Crippen molar-refractivity contribution in [3.05, 3.63) is 102 Å². The van der Waals surface area contributed by atoms with E-state index in [1.165, 1.54) is 7.11 Å². The van der Waals surface area contributed by atoms with E-state index < -0.39 is 17.8 Å². The first-order valence-corrected chi connectivity index (χ1v) is 15.1. The molecule has 1 saturated heterocycles. The van der Waals surface area contributed by atoms with Crippen molar-refractivity contribution in [3.63, 3.8) is 0 Å². The molecular weight excluding hydrogens is 602 g/mol. The number of carbonyl (C=O) groups excluding carboxylic acids is 3. The number of nitrogens with zero attached hydrogens (tertiary/aromatic N) is 7. The number of rotatable bonds is 7. The van der Waals surface area contributed by atoms with Gasteiger partial charge in [-0.2, -0.15) is 10.2 Å². The minimum Gasteiger partial charge on any atom is -0.483 e. The molecule has 2 amide bonds. The zero-order chi connectivity index (χ0) is 32.1. The van der Waals surface area contributed by atoms with Gasteiger partial charge in [0.2, 0.25) is 0 Å². The Hall–Kier alpha value is -5.95. The van der Waals surface area contributed by atoms with E-state index in [1.54, 1.807) is 82.6 Å². The molecule has 0 saturated carbocycles. The van der Waals surface area contributed by atoms with E-state index in [1.807, 2.05) is 6.07 Å². The zero-order valence-corrected chi connectivity index (χ0v) is 25.2. The van der Waals surface area contributed by atoms with Crippen molar-refractivity contribution in [1.82, 2.24) is 29.5 Å². The van der Waals surface area contributed by atoms with Crippen LogP contribution in [0.25, 0.3) is 27.6 Å². The Balaban J connectivity index is 1.24. The van der Waals surface area contributed by atoms with E-state index in [0.717, 1.165) is 29.5 Å². The van der Waals surface area contributed by atoms with E-state index in [2.05, 4.69) is 10.2 Å². The van der Waals surface area contributed by atoms with Gasteiger partial charge in [0.05, 0.1) is 41.2 Å². The Morgan fingerprint density at radius 3 is 2.51 bits per heavy atom. The van der Waals surface area contributed by atoms with Crippen LogP contribution in [-0.4, -0.2) is 61.0 Å². The summed E-state index contributed by atoms with van der Waals surface area (Å²) < 4.78 is 20.8. The molecule has 0 radical (unpaired) electrons. The molecule has 234 valence electrons. The smallest absolute Gasteiger partial charge is 0.337 e. The van der Waals surface area contributed by atoms with Crippen molar-refractivity contribution in [2.45, 2.75) is 32.1 Å². The minimum atomic E-state index is -0.515. The van der Waals surface area contributed by atoms with Crippen LogP contribution in [-0.2, 0) is 16.1 Å². The average Bonchev–Trinajstić information content (AvgIpc) is 3.85. The van der Waals surface area contributed by atoms with Crippen LogP contribution in [0.2, 0.25) is 0 Å². The number of ether oxygens (including phenoxy) is 3. The molecule has 4 aromatic heterocycles. The molecule has 0 bridgehead atoms. The number of imide groups is 1. The number of fused-ring (bicyclic) bond motifs is 3. The Kier molecular flexibility index (Phi) is 6.94. The van der Waals surface area contributed by atoms with Crippen LogP contribution in [0, 0.1) is 0 Å². The molecule has 1 fully saturated rings. The summed E-state index contributed by atoms with van der Waals surface area (Å²) in [6.07, 6.45) is 7.85. The number of hydrogen-bond donors (Lipinski definition) is 0. The molecule has 47 heavy (non-hydrogen) atoms. The molecule has 0 aliphatic carbocycles. The van der Waals surface area contributed by atoms with Gasteiger partial charge in [0, 0.05) is 29.8 Å². The third kappa shape index (κ3) is 4.88. The van der Waals surface area contributed by atoms with E-state index >= 15 is 0 Å². The zero-order valence-electron chi connectivity index (χ0n) is 25.2. The molecular formula is C34H27N7O6. The summed E-state index contributed by atoms with van der Waals surface area (Å²) in [4.78, 5) is 50.2. The van der Waals surface area contributed by atoms with Gasteiger partial charge in [-0.05, 0) is 67.8 Å². The van der Waals surface area contributed by atoms with Gasteiger partial charge in [-0.15, -0.1) is 0 Å². The lowest BCUT2D eigenvalue weighted by molar-refractivity contribution is -0.0370. The van der Waals surface area contributed by atoms with Crippen LogP contribution >= 0.6 is 0 Å². The average molecular weight is 630 g/mol. The summed E-state index contributed by atoms with van der Waals surface area (Å²) in [5.41, 5.74) is 3.13. The van der Waals surface area contributed by atoms with Gasteiger partial charge < -0.3 is 14.2 Å². The van der Waals surface area contributed by atoms with Crippen molar-refractivity contribution in [2.24, 2.45) is 0 Å². The fraction of sp³-hybridized carbons (Fsp3) is 0.206.